The molecule has 0 unspecified atom stereocenters. The van der Waals surface area contributed by atoms with E-state index >= 15 is 0 Å². The quantitative estimate of drug-likeness (QED) is 0.857. The molecule has 0 aliphatic carbocycles. The first-order chi connectivity index (χ1) is 10.8. The minimum absolute atomic E-state index is 0.277. The van der Waals surface area contributed by atoms with Crippen LogP contribution < -0.4 is 0 Å². The van der Waals surface area contributed by atoms with Gasteiger partial charge in [0, 0.05) is 19.5 Å². The van der Waals surface area contributed by atoms with Crippen LogP contribution in [-0.2, 0) is 6.54 Å². The summed E-state index contributed by atoms with van der Waals surface area (Å²) in [4.78, 5) is 6.82. The highest BCUT2D eigenvalue weighted by atomic mass is 19.1. The van der Waals surface area contributed by atoms with Crippen LogP contribution in [0.5, 0.6) is 0 Å². The first-order valence-corrected chi connectivity index (χ1v) is 7.32. The summed E-state index contributed by atoms with van der Waals surface area (Å²) in [5.74, 6) is 0.556. The molecule has 0 amide bonds. The van der Waals surface area contributed by atoms with Crippen LogP contribution in [0.4, 0.5) is 10.1 Å². The fourth-order valence-electron chi connectivity index (χ4n) is 2.65. The maximum absolute atomic E-state index is 13.2. The third-order valence-electron chi connectivity index (χ3n) is 3.74. The molecule has 0 saturated carbocycles. The van der Waals surface area contributed by atoms with E-state index in [0.29, 0.717) is 5.69 Å². The molecular weight excluding hydrogens is 277 g/mol. The molecule has 0 atom stereocenters. The lowest BCUT2D eigenvalue weighted by Crippen LogP contribution is -2.24. The Morgan fingerprint density at radius 2 is 2.00 bits per heavy atom. The van der Waals surface area contributed by atoms with Crippen LogP contribution in [-0.4, -0.2) is 17.3 Å². The maximum atomic E-state index is 13.2. The molecule has 0 bridgehead atoms. The van der Waals surface area contributed by atoms with Gasteiger partial charge in [0.1, 0.15) is 17.7 Å². The third-order valence-corrected chi connectivity index (χ3v) is 3.74. The number of benzene rings is 2. The molecule has 3 rings (SSSR count). The fraction of sp³-hybridized carbons (Fsp3) is 0.222. The lowest BCUT2D eigenvalue weighted by Gasteiger charge is -2.19. The van der Waals surface area contributed by atoms with E-state index in [2.05, 4.69) is 22.0 Å². The second-order valence-corrected chi connectivity index (χ2v) is 5.31. The van der Waals surface area contributed by atoms with Gasteiger partial charge in [-0.2, -0.15) is 5.26 Å². The summed E-state index contributed by atoms with van der Waals surface area (Å²) >= 11 is 0. The van der Waals surface area contributed by atoms with Crippen LogP contribution in [0.1, 0.15) is 24.0 Å². The van der Waals surface area contributed by atoms with Crippen molar-refractivity contribution in [3.05, 3.63) is 65.5 Å². The van der Waals surface area contributed by atoms with Gasteiger partial charge < -0.3 is 4.90 Å². The molecule has 2 aromatic rings. The zero-order valence-corrected chi connectivity index (χ0v) is 12.2. The Morgan fingerprint density at radius 3 is 2.77 bits per heavy atom. The number of rotatable bonds is 3. The Morgan fingerprint density at radius 1 is 1.18 bits per heavy atom. The molecule has 0 N–H and O–H groups in total. The molecule has 1 aliphatic heterocycles. The maximum Gasteiger partial charge on any atom is 0.124 e. The van der Waals surface area contributed by atoms with E-state index < -0.39 is 5.82 Å². The van der Waals surface area contributed by atoms with Crippen molar-refractivity contribution in [2.75, 3.05) is 6.54 Å². The number of nitriles is 1. The van der Waals surface area contributed by atoms with Crippen molar-refractivity contribution in [3.63, 3.8) is 0 Å². The Labute approximate surface area is 129 Å². The zero-order chi connectivity index (χ0) is 15.4. The van der Waals surface area contributed by atoms with Crippen LogP contribution in [0, 0.1) is 17.1 Å². The number of hydrogen-bond donors (Lipinski definition) is 0. The molecule has 1 fully saturated rings. The lowest BCUT2D eigenvalue weighted by atomic mass is 10.2. The molecule has 1 aliphatic rings. The van der Waals surface area contributed by atoms with E-state index in [9.17, 15) is 4.39 Å². The molecule has 0 aromatic heterocycles. The highest BCUT2D eigenvalue weighted by Crippen LogP contribution is 2.24. The third kappa shape index (κ3) is 3.15. The van der Waals surface area contributed by atoms with Crippen LogP contribution in [0.25, 0.3) is 0 Å². The van der Waals surface area contributed by atoms with Gasteiger partial charge in [-0.05, 0) is 30.2 Å². The second-order valence-electron chi connectivity index (χ2n) is 5.31. The smallest absolute Gasteiger partial charge is 0.124 e. The van der Waals surface area contributed by atoms with Crippen molar-refractivity contribution in [2.45, 2.75) is 19.4 Å². The number of nitrogens with zero attached hydrogens (tertiary/aromatic N) is 3. The van der Waals surface area contributed by atoms with Crippen LogP contribution >= 0.6 is 0 Å². The Bertz CT molecular complexity index is 732. The Balaban J connectivity index is 1.85. The van der Waals surface area contributed by atoms with Crippen molar-refractivity contribution in [1.82, 2.24) is 4.90 Å². The van der Waals surface area contributed by atoms with Gasteiger partial charge in [-0.15, -0.1) is 0 Å². The average molecular weight is 293 g/mol. The minimum atomic E-state index is -0.409. The van der Waals surface area contributed by atoms with E-state index in [-0.39, 0.29) is 5.56 Å². The van der Waals surface area contributed by atoms with Crippen LogP contribution in [0.3, 0.4) is 0 Å². The van der Waals surface area contributed by atoms with Crippen LogP contribution in [0.15, 0.2) is 53.5 Å². The van der Waals surface area contributed by atoms with Gasteiger partial charge in [0.2, 0.25) is 0 Å². The molecule has 0 spiro atoms. The highest BCUT2D eigenvalue weighted by Gasteiger charge is 2.19. The van der Waals surface area contributed by atoms with E-state index in [0.717, 1.165) is 31.8 Å². The summed E-state index contributed by atoms with van der Waals surface area (Å²) < 4.78 is 13.2. The number of hydrogen-bond acceptors (Lipinski definition) is 2. The van der Waals surface area contributed by atoms with E-state index in [1.165, 1.54) is 17.7 Å². The minimum Gasteiger partial charge on any atom is -0.356 e. The van der Waals surface area contributed by atoms with Crippen molar-refractivity contribution >= 4 is 11.5 Å². The largest absolute Gasteiger partial charge is 0.356 e. The van der Waals surface area contributed by atoms with Gasteiger partial charge in [0.05, 0.1) is 11.3 Å². The second kappa shape index (κ2) is 6.40. The topological polar surface area (TPSA) is 39.4 Å². The highest BCUT2D eigenvalue weighted by molar-refractivity contribution is 5.87. The zero-order valence-electron chi connectivity index (χ0n) is 12.2. The Hall–Kier alpha value is -2.67. The molecule has 3 nitrogen and oxygen atoms in total. The van der Waals surface area contributed by atoms with Gasteiger partial charge >= 0.3 is 0 Å². The number of amidine groups is 1. The first-order valence-electron chi connectivity index (χ1n) is 7.32. The molecule has 2 aromatic carbocycles. The lowest BCUT2D eigenvalue weighted by molar-refractivity contribution is 0.448. The van der Waals surface area contributed by atoms with E-state index in [1.807, 2.05) is 24.3 Å². The Kier molecular flexibility index (Phi) is 4.15. The summed E-state index contributed by atoms with van der Waals surface area (Å²) in [6.45, 7) is 1.76. The van der Waals surface area contributed by atoms with Gasteiger partial charge in [0.15, 0.2) is 0 Å². The first kappa shape index (κ1) is 14.3. The molecule has 4 heteroatoms. The predicted molar refractivity (Wildman–Crippen MR) is 84.3 cm³/mol. The van der Waals surface area contributed by atoms with Gasteiger partial charge in [-0.3, -0.25) is 0 Å². The normalized spacial score (nSPS) is 16.0. The molecule has 1 saturated heterocycles. The summed E-state index contributed by atoms with van der Waals surface area (Å²) in [6, 6.07) is 16.4. The van der Waals surface area contributed by atoms with E-state index in [4.69, 9.17) is 5.26 Å². The standard InChI is InChI=1S/C18H16FN3/c19-16-8-9-17(15(11-16)12-20)21-18-7-4-10-22(18)13-14-5-2-1-3-6-14/h1-3,5-6,8-9,11H,4,7,10,13H2/b21-18+. The number of likely N-dealkylation sites (tertiary alicyclic amines) is 1. The van der Waals surface area contributed by atoms with Crippen LogP contribution in [0.2, 0.25) is 0 Å². The average Bonchev–Trinajstić information content (AvgIpc) is 2.97. The van der Waals surface area contributed by atoms with Crippen molar-refractivity contribution in [2.24, 2.45) is 4.99 Å². The van der Waals surface area contributed by atoms with Crippen molar-refractivity contribution in [3.8, 4) is 6.07 Å². The predicted octanol–water partition coefficient (Wildman–Crippen LogP) is 4.02. The number of halogens is 1. The molecule has 110 valence electrons. The summed E-state index contributed by atoms with van der Waals surface area (Å²) in [7, 11) is 0. The molecule has 1 heterocycles. The SMILES string of the molecule is N#Cc1cc(F)ccc1/N=C1\CCCN1Cc1ccccc1. The summed E-state index contributed by atoms with van der Waals surface area (Å²) in [6.07, 6.45) is 1.93. The molecule has 22 heavy (non-hydrogen) atoms. The number of aliphatic imine (C=N–C) groups is 1. The summed E-state index contributed by atoms with van der Waals surface area (Å²) in [5.41, 5.74) is 2.05. The molecule has 0 radical (unpaired) electrons. The molecular formula is C18H16FN3. The van der Waals surface area contributed by atoms with E-state index in [1.54, 1.807) is 6.07 Å². The van der Waals surface area contributed by atoms with Gasteiger partial charge in [-0.25, -0.2) is 9.38 Å². The van der Waals surface area contributed by atoms with Gasteiger partial charge in [-0.1, -0.05) is 30.3 Å². The van der Waals surface area contributed by atoms with Crippen molar-refractivity contribution in [1.29, 1.82) is 5.26 Å². The fourth-order valence-corrected chi connectivity index (χ4v) is 2.65. The summed E-state index contributed by atoms with van der Waals surface area (Å²) in [5, 5.41) is 9.12. The van der Waals surface area contributed by atoms with Gasteiger partial charge in [0.25, 0.3) is 0 Å². The monoisotopic (exact) mass is 293 g/mol. The van der Waals surface area contributed by atoms with Crippen molar-refractivity contribution < 1.29 is 4.39 Å².